The quantitative estimate of drug-likeness (QED) is 0.913. The van der Waals surface area contributed by atoms with Crippen LogP contribution in [0.2, 0.25) is 5.02 Å². The number of rotatable bonds is 2. The van der Waals surface area contributed by atoms with Crippen molar-refractivity contribution in [3.05, 3.63) is 52.4 Å². The highest BCUT2D eigenvalue weighted by Crippen LogP contribution is 2.33. The fourth-order valence-electron chi connectivity index (χ4n) is 3.46. The predicted octanol–water partition coefficient (Wildman–Crippen LogP) is 3.68. The molecular formula is C18H18ClNO3. The second kappa shape index (κ2) is 5.93. The number of fused-ring (bicyclic) bond motifs is 2. The molecule has 2 heterocycles. The molecule has 0 fully saturated rings. The van der Waals surface area contributed by atoms with E-state index in [-0.39, 0.29) is 17.9 Å². The second-order valence-corrected chi connectivity index (χ2v) is 6.65. The van der Waals surface area contributed by atoms with Crippen LogP contribution in [0.5, 0.6) is 5.75 Å². The molecule has 1 N–H and O–H groups in total. The Kier molecular flexibility index (Phi) is 3.77. The van der Waals surface area contributed by atoms with Gasteiger partial charge in [0.2, 0.25) is 5.91 Å². The number of aryl methyl sites for hydroxylation is 1. The molecule has 0 spiro atoms. The molecule has 2 aromatic rings. The minimum atomic E-state index is -0.182. The highest BCUT2D eigenvalue weighted by atomic mass is 35.5. The second-order valence-electron chi connectivity index (χ2n) is 6.22. The van der Waals surface area contributed by atoms with Gasteiger partial charge in [0.05, 0.1) is 18.2 Å². The maximum absolute atomic E-state index is 12.6. The number of carbonyl (C=O) groups excluding carboxylic acids is 1. The van der Waals surface area contributed by atoms with Crippen LogP contribution in [0.3, 0.4) is 0 Å². The highest BCUT2D eigenvalue weighted by molar-refractivity contribution is 6.30. The minimum Gasteiger partial charge on any atom is -0.492 e. The highest BCUT2D eigenvalue weighted by Gasteiger charge is 2.30. The third-order valence-electron chi connectivity index (χ3n) is 4.67. The number of benzene rings is 1. The maximum Gasteiger partial charge on any atom is 0.227 e. The first-order chi connectivity index (χ1) is 11.2. The lowest BCUT2D eigenvalue weighted by molar-refractivity contribution is -0.127. The fraction of sp³-hybridized carbons (Fsp3) is 0.389. The standard InChI is InChI=1S/C18H18ClNO3/c19-13-4-5-16-11(9-13)8-12(10-23-16)18(21)20-15-2-1-3-17-14(15)6-7-22-17/h4-7,9,12,15H,1-3,8,10H2,(H,20,21). The van der Waals surface area contributed by atoms with E-state index in [1.165, 1.54) is 0 Å². The van der Waals surface area contributed by atoms with Gasteiger partial charge >= 0.3 is 0 Å². The lowest BCUT2D eigenvalue weighted by Gasteiger charge is -2.28. The van der Waals surface area contributed by atoms with Crippen LogP contribution in [0, 0.1) is 5.92 Å². The molecule has 1 amide bonds. The molecule has 0 bridgehead atoms. The average molecular weight is 332 g/mol. The topological polar surface area (TPSA) is 51.5 Å². The zero-order chi connectivity index (χ0) is 15.8. The molecular weight excluding hydrogens is 314 g/mol. The average Bonchev–Trinajstić information content (AvgIpc) is 3.03. The number of nitrogens with one attached hydrogen (secondary N) is 1. The summed E-state index contributed by atoms with van der Waals surface area (Å²) in [6.07, 6.45) is 5.30. The number of furan rings is 1. The van der Waals surface area contributed by atoms with E-state index >= 15 is 0 Å². The summed E-state index contributed by atoms with van der Waals surface area (Å²) >= 11 is 6.04. The molecule has 5 heteroatoms. The number of ether oxygens (including phenoxy) is 1. The van der Waals surface area contributed by atoms with Gasteiger partial charge < -0.3 is 14.5 Å². The van der Waals surface area contributed by atoms with Crippen molar-refractivity contribution >= 4 is 17.5 Å². The Balaban J connectivity index is 1.47. The maximum atomic E-state index is 12.6. The van der Waals surface area contributed by atoms with Gasteiger partial charge in [0, 0.05) is 17.0 Å². The summed E-state index contributed by atoms with van der Waals surface area (Å²) < 4.78 is 11.2. The third-order valence-corrected chi connectivity index (χ3v) is 4.90. The number of halogens is 1. The van der Waals surface area contributed by atoms with Crippen LogP contribution in [0.25, 0.3) is 0 Å². The van der Waals surface area contributed by atoms with Crippen LogP contribution in [0.15, 0.2) is 34.9 Å². The molecule has 4 nitrogen and oxygen atoms in total. The summed E-state index contributed by atoms with van der Waals surface area (Å²) in [5.74, 6) is 1.68. The number of carbonyl (C=O) groups is 1. The summed E-state index contributed by atoms with van der Waals surface area (Å²) in [5.41, 5.74) is 2.11. The van der Waals surface area contributed by atoms with Crippen molar-refractivity contribution in [3.8, 4) is 5.75 Å². The van der Waals surface area contributed by atoms with E-state index < -0.39 is 0 Å². The molecule has 2 unspecified atom stereocenters. The van der Waals surface area contributed by atoms with E-state index in [0.29, 0.717) is 18.1 Å². The van der Waals surface area contributed by atoms with Gasteiger partial charge in [-0.05, 0) is 49.1 Å². The summed E-state index contributed by atoms with van der Waals surface area (Å²) in [7, 11) is 0. The molecule has 2 atom stereocenters. The fourth-order valence-corrected chi connectivity index (χ4v) is 3.65. The molecule has 1 aromatic heterocycles. The third kappa shape index (κ3) is 2.83. The molecule has 120 valence electrons. The van der Waals surface area contributed by atoms with Crippen molar-refractivity contribution in [2.45, 2.75) is 31.7 Å². The van der Waals surface area contributed by atoms with Gasteiger partial charge in [-0.25, -0.2) is 0 Å². The normalized spacial score (nSPS) is 22.7. The summed E-state index contributed by atoms with van der Waals surface area (Å²) in [6, 6.07) is 7.57. The van der Waals surface area contributed by atoms with Gasteiger partial charge in [0.1, 0.15) is 18.1 Å². The van der Waals surface area contributed by atoms with Crippen molar-refractivity contribution in [2.24, 2.45) is 5.92 Å². The van der Waals surface area contributed by atoms with Crippen LogP contribution in [0.4, 0.5) is 0 Å². The van der Waals surface area contributed by atoms with E-state index in [1.807, 2.05) is 24.3 Å². The summed E-state index contributed by atoms with van der Waals surface area (Å²) in [5, 5.41) is 3.83. The van der Waals surface area contributed by atoms with Gasteiger partial charge in [-0.2, -0.15) is 0 Å². The van der Waals surface area contributed by atoms with Crippen LogP contribution >= 0.6 is 11.6 Å². The molecule has 0 radical (unpaired) electrons. The van der Waals surface area contributed by atoms with Crippen molar-refractivity contribution in [2.75, 3.05) is 6.61 Å². The Labute approximate surface area is 139 Å². The monoisotopic (exact) mass is 331 g/mol. The van der Waals surface area contributed by atoms with E-state index in [4.69, 9.17) is 20.8 Å². The lowest BCUT2D eigenvalue weighted by atomic mass is 9.91. The molecule has 0 saturated carbocycles. The zero-order valence-electron chi connectivity index (χ0n) is 12.7. The lowest BCUT2D eigenvalue weighted by Crippen LogP contribution is -2.40. The first kappa shape index (κ1) is 14.6. The molecule has 1 aliphatic heterocycles. The first-order valence-corrected chi connectivity index (χ1v) is 8.36. The molecule has 2 aliphatic rings. The van der Waals surface area contributed by atoms with Crippen LogP contribution < -0.4 is 10.1 Å². The van der Waals surface area contributed by atoms with E-state index in [9.17, 15) is 4.79 Å². The van der Waals surface area contributed by atoms with Crippen molar-refractivity contribution < 1.29 is 13.9 Å². The van der Waals surface area contributed by atoms with Gasteiger partial charge in [0.25, 0.3) is 0 Å². The van der Waals surface area contributed by atoms with Crippen molar-refractivity contribution in [3.63, 3.8) is 0 Å². The Morgan fingerprint density at radius 3 is 3.13 bits per heavy atom. The van der Waals surface area contributed by atoms with Gasteiger partial charge in [-0.15, -0.1) is 0 Å². The van der Waals surface area contributed by atoms with Crippen molar-refractivity contribution in [1.82, 2.24) is 5.32 Å². The van der Waals surface area contributed by atoms with Crippen LogP contribution in [-0.2, 0) is 17.6 Å². The number of amides is 1. The van der Waals surface area contributed by atoms with Crippen molar-refractivity contribution in [1.29, 1.82) is 0 Å². The molecule has 1 aromatic carbocycles. The molecule has 0 saturated heterocycles. The van der Waals surface area contributed by atoms with Gasteiger partial charge in [0.15, 0.2) is 0 Å². The first-order valence-electron chi connectivity index (χ1n) is 7.98. The van der Waals surface area contributed by atoms with Crippen LogP contribution in [0.1, 0.15) is 35.8 Å². The predicted molar refractivity (Wildman–Crippen MR) is 86.7 cm³/mol. The Morgan fingerprint density at radius 2 is 2.22 bits per heavy atom. The number of hydrogen-bond acceptors (Lipinski definition) is 3. The van der Waals surface area contributed by atoms with Gasteiger partial charge in [-0.1, -0.05) is 11.6 Å². The Morgan fingerprint density at radius 1 is 1.30 bits per heavy atom. The summed E-state index contributed by atoms with van der Waals surface area (Å²) in [6.45, 7) is 0.408. The SMILES string of the molecule is O=C(NC1CCCc2occc21)C1COc2ccc(Cl)cc2C1. The van der Waals surface area contributed by atoms with Crippen LogP contribution in [-0.4, -0.2) is 12.5 Å². The van der Waals surface area contributed by atoms with E-state index in [1.54, 1.807) is 6.26 Å². The summed E-state index contributed by atoms with van der Waals surface area (Å²) in [4.78, 5) is 12.6. The smallest absolute Gasteiger partial charge is 0.227 e. The molecule has 23 heavy (non-hydrogen) atoms. The van der Waals surface area contributed by atoms with E-state index in [2.05, 4.69) is 5.32 Å². The van der Waals surface area contributed by atoms with Gasteiger partial charge in [-0.3, -0.25) is 4.79 Å². The van der Waals surface area contributed by atoms with E-state index in [0.717, 1.165) is 41.9 Å². The Hall–Kier alpha value is -1.94. The molecule has 4 rings (SSSR count). The largest absolute Gasteiger partial charge is 0.492 e. The minimum absolute atomic E-state index is 0.0367. The molecule has 1 aliphatic carbocycles. The zero-order valence-corrected chi connectivity index (χ0v) is 13.4. The Bertz CT molecular complexity index is 740. The number of hydrogen-bond donors (Lipinski definition) is 1.